The number of methoxy groups -OCH3 is 1. The van der Waals surface area contributed by atoms with Crippen molar-refractivity contribution in [1.82, 2.24) is 9.21 Å². The molecule has 3 rings (SSSR count). The zero-order valence-electron chi connectivity index (χ0n) is 15.1. The first-order valence-corrected chi connectivity index (χ1v) is 10.3. The van der Waals surface area contributed by atoms with E-state index < -0.39 is 10.0 Å². The van der Waals surface area contributed by atoms with Crippen molar-refractivity contribution in [1.29, 1.82) is 0 Å². The van der Waals surface area contributed by atoms with Crippen molar-refractivity contribution in [3.63, 3.8) is 0 Å². The summed E-state index contributed by atoms with van der Waals surface area (Å²) in [6.45, 7) is 4.91. The standard InChI is InChI=1S/C17H23ClN2O5S/c1-17(2)11-25-16(21)20(17)13-6-8-19(9-7-13)26(22,23)15-10-12(18)4-5-14(15)24-3/h4-5,10,13H,6-9,11H2,1-3H3. The van der Waals surface area contributed by atoms with Gasteiger partial charge in [-0.3, -0.25) is 4.90 Å². The molecule has 1 aromatic rings. The molecule has 2 heterocycles. The van der Waals surface area contributed by atoms with E-state index in [1.54, 1.807) is 17.0 Å². The average Bonchev–Trinajstić information content (AvgIpc) is 2.88. The summed E-state index contributed by atoms with van der Waals surface area (Å²) in [4.78, 5) is 13.9. The maximum Gasteiger partial charge on any atom is 0.410 e. The summed E-state index contributed by atoms with van der Waals surface area (Å²) < 4.78 is 37.8. The number of hydrogen-bond donors (Lipinski definition) is 0. The minimum Gasteiger partial charge on any atom is -0.495 e. The lowest BCUT2D eigenvalue weighted by molar-refractivity contribution is 0.104. The van der Waals surface area contributed by atoms with Crippen LogP contribution in [0.15, 0.2) is 23.1 Å². The van der Waals surface area contributed by atoms with Crippen molar-refractivity contribution < 1.29 is 22.7 Å². The largest absolute Gasteiger partial charge is 0.495 e. The number of halogens is 1. The molecule has 0 spiro atoms. The third kappa shape index (κ3) is 3.37. The van der Waals surface area contributed by atoms with Crippen LogP contribution in [0.4, 0.5) is 4.79 Å². The molecule has 144 valence electrons. The summed E-state index contributed by atoms with van der Waals surface area (Å²) in [5.41, 5.74) is -0.376. The number of benzene rings is 1. The number of cyclic esters (lactones) is 1. The Kier molecular flexibility index (Phi) is 5.11. The van der Waals surface area contributed by atoms with Crippen LogP contribution in [0.1, 0.15) is 26.7 Å². The fourth-order valence-corrected chi connectivity index (χ4v) is 5.49. The van der Waals surface area contributed by atoms with Gasteiger partial charge in [0, 0.05) is 24.2 Å². The van der Waals surface area contributed by atoms with Crippen molar-refractivity contribution in [3.8, 4) is 5.75 Å². The van der Waals surface area contributed by atoms with E-state index in [1.165, 1.54) is 17.5 Å². The molecule has 7 nitrogen and oxygen atoms in total. The van der Waals surface area contributed by atoms with Gasteiger partial charge in [-0.2, -0.15) is 4.31 Å². The van der Waals surface area contributed by atoms with Crippen LogP contribution in [0.5, 0.6) is 5.75 Å². The molecule has 1 amide bonds. The minimum absolute atomic E-state index is 0.0345. The lowest BCUT2D eigenvalue weighted by atomic mass is 9.98. The van der Waals surface area contributed by atoms with Crippen LogP contribution in [-0.4, -0.2) is 62.1 Å². The molecule has 2 aliphatic rings. The van der Waals surface area contributed by atoms with Gasteiger partial charge in [0.15, 0.2) is 0 Å². The number of nitrogens with zero attached hydrogens (tertiary/aromatic N) is 2. The number of amides is 1. The van der Waals surface area contributed by atoms with E-state index in [4.69, 9.17) is 21.1 Å². The Bertz CT molecular complexity index is 803. The van der Waals surface area contributed by atoms with Gasteiger partial charge < -0.3 is 9.47 Å². The van der Waals surface area contributed by atoms with Crippen molar-refractivity contribution >= 4 is 27.7 Å². The lowest BCUT2D eigenvalue weighted by Crippen LogP contribution is -2.53. The van der Waals surface area contributed by atoms with Crippen molar-refractivity contribution in [3.05, 3.63) is 23.2 Å². The first-order valence-electron chi connectivity index (χ1n) is 8.46. The highest BCUT2D eigenvalue weighted by Crippen LogP contribution is 2.34. The zero-order chi connectivity index (χ0) is 19.1. The van der Waals surface area contributed by atoms with Crippen molar-refractivity contribution in [2.75, 3.05) is 26.8 Å². The van der Waals surface area contributed by atoms with Crippen LogP contribution in [-0.2, 0) is 14.8 Å². The van der Waals surface area contributed by atoms with Gasteiger partial charge in [0.2, 0.25) is 10.0 Å². The predicted octanol–water partition coefficient (Wildman–Crippen LogP) is 2.73. The van der Waals surface area contributed by atoms with Crippen molar-refractivity contribution in [2.45, 2.75) is 43.2 Å². The fraction of sp³-hybridized carbons (Fsp3) is 0.588. The van der Waals surface area contributed by atoms with Gasteiger partial charge >= 0.3 is 6.09 Å². The van der Waals surface area contributed by atoms with E-state index in [-0.39, 0.29) is 28.3 Å². The van der Waals surface area contributed by atoms with Gasteiger partial charge in [-0.15, -0.1) is 0 Å². The maximum absolute atomic E-state index is 13.0. The predicted molar refractivity (Wildman–Crippen MR) is 97.1 cm³/mol. The molecule has 2 saturated heterocycles. The Hall–Kier alpha value is -1.51. The minimum atomic E-state index is -3.73. The smallest absolute Gasteiger partial charge is 0.410 e. The van der Waals surface area contributed by atoms with Crippen LogP contribution < -0.4 is 4.74 Å². The molecular formula is C17H23ClN2O5S. The molecular weight excluding hydrogens is 380 g/mol. The molecule has 0 unspecified atom stereocenters. The second kappa shape index (κ2) is 6.90. The second-order valence-electron chi connectivity index (χ2n) is 7.17. The second-order valence-corrected chi connectivity index (χ2v) is 9.51. The van der Waals surface area contributed by atoms with Gasteiger partial charge in [0.25, 0.3) is 0 Å². The van der Waals surface area contributed by atoms with E-state index in [9.17, 15) is 13.2 Å². The topological polar surface area (TPSA) is 76.2 Å². The molecule has 0 aromatic heterocycles. The Morgan fingerprint density at radius 2 is 1.92 bits per heavy atom. The number of carbonyl (C=O) groups excluding carboxylic acids is 1. The van der Waals surface area contributed by atoms with Gasteiger partial charge in [-0.25, -0.2) is 13.2 Å². The maximum atomic E-state index is 13.0. The lowest BCUT2D eigenvalue weighted by Gasteiger charge is -2.40. The van der Waals surface area contributed by atoms with Crippen molar-refractivity contribution in [2.24, 2.45) is 0 Å². The van der Waals surface area contributed by atoms with E-state index in [0.29, 0.717) is 37.6 Å². The molecule has 1 aromatic carbocycles. The Morgan fingerprint density at radius 1 is 1.27 bits per heavy atom. The first-order chi connectivity index (χ1) is 12.2. The molecule has 0 radical (unpaired) electrons. The number of hydrogen-bond acceptors (Lipinski definition) is 5. The van der Waals surface area contributed by atoms with Crippen LogP contribution in [0.3, 0.4) is 0 Å². The summed E-state index contributed by atoms with van der Waals surface area (Å²) in [5, 5.41) is 0.334. The summed E-state index contributed by atoms with van der Waals surface area (Å²) in [6.07, 6.45) is 0.786. The summed E-state index contributed by atoms with van der Waals surface area (Å²) in [7, 11) is -2.30. The van der Waals surface area contributed by atoms with Crippen LogP contribution >= 0.6 is 11.6 Å². The highest BCUT2D eigenvalue weighted by molar-refractivity contribution is 7.89. The molecule has 2 aliphatic heterocycles. The van der Waals surface area contributed by atoms with E-state index in [0.717, 1.165) is 0 Å². The number of sulfonamides is 1. The molecule has 9 heteroatoms. The number of ether oxygens (including phenoxy) is 2. The first kappa shape index (κ1) is 19.3. The normalized spacial score (nSPS) is 21.7. The van der Waals surface area contributed by atoms with Crippen LogP contribution in [0.25, 0.3) is 0 Å². The van der Waals surface area contributed by atoms with E-state index in [1.807, 2.05) is 13.8 Å². The average molecular weight is 403 g/mol. The highest BCUT2D eigenvalue weighted by Gasteiger charge is 2.45. The Balaban J connectivity index is 1.78. The third-order valence-corrected chi connectivity index (χ3v) is 7.08. The Morgan fingerprint density at radius 3 is 2.46 bits per heavy atom. The highest BCUT2D eigenvalue weighted by atomic mass is 35.5. The number of piperidine rings is 1. The number of carbonyl (C=O) groups is 1. The van der Waals surface area contributed by atoms with Gasteiger partial charge in [0.1, 0.15) is 17.3 Å². The molecule has 0 saturated carbocycles. The molecule has 0 bridgehead atoms. The zero-order valence-corrected chi connectivity index (χ0v) is 16.6. The molecule has 0 N–H and O–H groups in total. The third-order valence-electron chi connectivity index (χ3n) is 4.93. The molecule has 26 heavy (non-hydrogen) atoms. The van der Waals surface area contributed by atoms with E-state index >= 15 is 0 Å². The molecule has 0 aliphatic carbocycles. The van der Waals surface area contributed by atoms with Crippen LogP contribution in [0, 0.1) is 0 Å². The summed E-state index contributed by atoms with van der Waals surface area (Å²) in [5.74, 6) is 0.265. The SMILES string of the molecule is COc1ccc(Cl)cc1S(=O)(=O)N1CCC(N2C(=O)OCC2(C)C)CC1. The fourth-order valence-electron chi connectivity index (χ4n) is 3.60. The van der Waals surface area contributed by atoms with Gasteiger partial charge in [-0.1, -0.05) is 11.6 Å². The molecule has 2 fully saturated rings. The summed E-state index contributed by atoms with van der Waals surface area (Å²) >= 11 is 5.98. The Labute approximate surface area is 158 Å². The van der Waals surface area contributed by atoms with Gasteiger partial charge in [-0.05, 0) is 44.9 Å². The number of rotatable bonds is 4. The summed E-state index contributed by atoms with van der Waals surface area (Å²) in [6, 6.07) is 4.51. The molecule has 0 atom stereocenters. The monoisotopic (exact) mass is 402 g/mol. The quantitative estimate of drug-likeness (QED) is 0.773. The van der Waals surface area contributed by atoms with E-state index in [2.05, 4.69) is 0 Å². The van der Waals surface area contributed by atoms with Crippen LogP contribution in [0.2, 0.25) is 5.02 Å². The van der Waals surface area contributed by atoms with Gasteiger partial charge in [0.05, 0.1) is 12.6 Å².